The van der Waals surface area contributed by atoms with E-state index in [1.165, 1.54) is 62.5 Å². The minimum Gasteiger partial charge on any atom is -0.508 e. The van der Waals surface area contributed by atoms with E-state index in [-0.39, 0.29) is 0 Å². The van der Waals surface area contributed by atoms with Gasteiger partial charge in [0, 0.05) is 0 Å². The molecule has 0 aliphatic heterocycles. The Morgan fingerprint density at radius 1 is 0.760 bits per heavy atom. The van der Waals surface area contributed by atoms with E-state index in [0.29, 0.717) is 11.7 Å². The first-order chi connectivity index (χ1) is 12.2. The van der Waals surface area contributed by atoms with Crippen molar-refractivity contribution in [3.05, 3.63) is 65.2 Å². The topological polar surface area (TPSA) is 20.2 Å². The fourth-order valence-electron chi connectivity index (χ4n) is 3.62. The molecule has 0 aliphatic carbocycles. The minimum absolute atomic E-state index is 0.330. The van der Waals surface area contributed by atoms with Crippen molar-refractivity contribution in [1.29, 1.82) is 0 Å². The predicted molar refractivity (Wildman–Crippen MR) is 108 cm³/mol. The number of benzene rings is 2. The summed E-state index contributed by atoms with van der Waals surface area (Å²) in [6, 6.07) is 16.6. The van der Waals surface area contributed by atoms with Gasteiger partial charge < -0.3 is 5.11 Å². The Balaban J connectivity index is 1.86. The largest absolute Gasteiger partial charge is 0.508 e. The van der Waals surface area contributed by atoms with Crippen molar-refractivity contribution in [3.63, 3.8) is 0 Å². The van der Waals surface area contributed by atoms with E-state index in [0.717, 1.165) is 12.0 Å². The zero-order valence-electron chi connectivity index (χ0n) is 16.0. The van der Waals surface area contributed by atoms with Crippen molar-refractivity contribution < 1.29 is 5.11 Å². The summed E-state index contributed by atoms with van der Waals surface area (Å²) < 4.78 is 0. The normalized spacial score (nSPS) is 12.2. The first kappa shape index (κ1) is 19.6. The standard InChI is InChI=1S/C24H34O/c1-3-4-5-6-7-8-9-14-21-15-10-11-16-22(21)19-20(2)23-17-12-13-18-24(23)25/h10-13,15-18,20,25H,3-9,14,19H2,1-2H3. The molecule has 0 aromatic heterocycles. The SMILES string of the molecule is CCCCCCCCCc1ccccc1CC(C)c1ccccc1O. The summed E-state index contributed by atoms with van der Waals surface area (Å²) in [6.07, 6.45) is 11.7. The fraction of sp³-hybridized carbons (Fsp3) is 0.500. The number of unbranched alkanes of at least 4 members (excludes halogenated alkanes) is 6. The zero-order chi connectivity index (χ0) is 17.9. The van der Waals surface area contributed by atoms with E-state index in [1.807, 2.05) is 18.2 Å². The fourth-order valence-corrected chi connectivity index (χ4v) is 3.62. The lowest BCUT2D eigenvalue weighted by atomic mass is 9.89. The molecule has 0 amide bonds. The molecule has 0 heterocycles. The van der Waals surface area contributed by atoms with Gasteiger partial charge in [0.25, 0.3) is 0 Å². The summed E-state index contributed by atoms with van der Waals surface area (Å²) >= 11 is 0. The van der Waals surface area contributed by atoms with E-state index in [1.54, 1.807) is 6.07 Å². The molecule has 25 heavy (non-hydrogen) atoms. The first-order valence-corrected chi connectivity index (χ1v) is 10.1. The van der Waals surface area contributed by atoms with Crippen molar-refractivity contribution in [2.75, 3.05) is 0 Å². The van der Waals surface area contributed by atoms with Gasteiger partial charge in [0.1, 0.15) is 5.75 Å². The van der Waals surface area contributed by atoms with Gasteiger partial charge >= 0.3 is 0 Å². The maximum Gasteiger partial charge on any atom is 0.119 e. The average molecular weight is 339 g/mol. The lowest BCUT2D eigenvalue weighted by Crippen LogP contribution is -2.02. The second-order valence-electron chi connectivity index (χ2n) is 7.30. The third-order valence-corrected chi connectivity index (χ3v) is 5.16. The van der Waals surface area contributed by atoms with Gasteiger partial charge in [0.05, 0.1) is 0 Å². The molecule has 1 atom stereocenters. The van der Waals surface area contributed by atoms with Gasteiger partial charge in [-0.25, -0.2) is 0 Å². The van der Waals surface area contributed by atoms with Crippen molar-refractivity contribution in [3.8, 4) is 5.75 Å². The molecule has 0 fully saturated rings. The van der Waals surface area contributed by atoms with E-state index in [9.17, 15) is 5.11 Å². The monoisotopic (exact) mass is 338 g/mol. The second-order valence-corrected chi connectivity index (χ2v) is 7.30. The maximum atomic E-state index is 10.1. The zero-order valence-corrected chi connectivity index (χ0v) is 16.0. The van der Waals surface area contributed by atoms with Gasteiger partial charge in [-0.15, -0.1) is 0 Å². The Kier molecular flexibility index (Phi) is 8.59. The highest BCUT2D eigenvalue weighted by molar-refractivity contribution is 5.37. The van der Waals surface area contributed by atoms with Gasteiger partial charge in [0.2, 0.25) is 0 Å². The van der Waals surface area contributed by atoms with Crippen LogP contribution in [0, 0.1) is 0 Å². The van der Waals surface area contributed by atoms with Crippen LogP contribution in [-0.2, 0) is 12.8 Å². The molecule has 0 saturated heterocycles. The Hall–Kier alpha value is -1.76. The lowest BCUT2D eigenvalue weighted by molar-refractivity contribution is 0.462. The quantitative estimate of drug-likeness (QED) is 0.436. The van der Waals surface area contributed by atoms with Crippen LogP contribution < -0.4 is 0 Å². The number of hydrogen-bond donors (Lipinski definition) is 1. The molecule has 0 spiro atoms. The molecule has 1 unspecified atom stereocenters. The summed E-state index contributed by atoms with van der Waals surface area (Å²) in [4.78, 5) is 0. The highest BCUT2D eigenvalue weighted by atomic mass is 16.3. The van der Waals surface area contributed by atoms with Gasteiger partial charge in [-0.1, -0.05) is 94.8 Å². The van der Waals surface area contributed by atoms with E-state index < -0.39 is 0 Å². The predicted octanol–water partition coefficient (Wildman–Crippen LogP) is 7.03. The third-order valence-electron chi connectivity index (χ3n) is 5.16. The van der Waals surface area contributed by atoms with Crippen LogP contribution in [0.15, 0.2) is 48.5 Å². The summed E-state index contributed by atoms with van der Waals surface area (Å²) in [7, 11) is 0. The molecule has 2 rings (SSSR count). The van der Waals surface area contributed by atoms with Crippen LogP contribution in [0.2, 0.25) is 0 Å². The number of phenolic OH excluding ortho intramolecular Hbond substituents is 1. The molecule has 1 N–H and O–H groups in total. The second kappa shape index (κ2) is 11.0. The van der Waals surface area contributed by atoms with Crippen molar-refractivity contribution >= 4 is 0 Å². The van der Waals surface area contributed by atoms with E-state index >= 15 is 0 Å². The van der Waals surface area contributed by atoms with Crippen LogP contribution in [0.4, 0.5) is 0 Å². The number of rotatable bonds is 11. The Morgan fingerprint density at radius 3 is 2.08 bits per heavy atom. The van der Waals surface area contributed by atoms with Gasteiger partial charge in [-0.3, -0.25) is 0 Å². The minimum atomic E-state index is 0.330. The van der Waals surface area contributed by atoms with Crippen molar-refractivity contribution in [2.45, 2.75) is 77.6 Å². The summed E-state index contributed by atoms with van der Waals surface area (Å²) in [6.45, 7) is 4.48. The Bertz CT molecular complexity index is 617. The van der Waals surface area contributed by atoms with Crippen LogP contribution in [-0.4, -0.2) is 5.11 Å². The molecule has 1 heteroatoms. The van der Waals surface area contributed by atoms with Crippen LogP contribution in [0.25, 0.3) is 0 Å². The number of phenols is 1. The summed E-state index contributed by atoms with van der Waals surface area (Å²) in [5, 5.41) is 10.1. The summed E-state index contributed by atoms with van der Waals surface area (Å²) in [5.74, 6) is 0.746. The van der Waals surface area contributed by atoms with Gasteiger partial charge in [-0.2, -0.15) is 0 Å². The molecule has 2 aromatic rings. The first-order valence-electron chi connectivity index (χ1n) is 10.1. The lowest BCUT2D eigenvalue weighted by Gasteiger charge is -2.16. The van der Waals surface area contributed by atoms with Gasteiger partial charge in [0.15, 0.2) is 0 Å². The number of hydrogen-bond acceptors (Lipinski definition) is 1. The molecular weight excluding hydrogens is 304 g/mol. The molecule has 0 aliphatic rings. The Morgan fingerprint density at radius 2 is 1.36 bits per heavy atom. The molecule has 1 nitrogen and oxygen atoms in total. The van der Waals surface area contributed by atoms with E-state index in [2.05, 4.69) is 38.1 Å². The summed E-state index contributed by atoms with van der Waals surface area (Å²) in [5.41, 5.74) is 3.97. The number of aryl methyl sites for hydroxylation is 1. The molecule has 0 radical (unpaired) electrons. The van der Waals surface area contributed by atoms with Gasteiger partial charge in [-0.05, 0) is 47.9 Å². The maximum absolute atomic E-state index is 10.1. The molecular formula is C24H34O. The van der Waals surface area contributed by atoms with Crippen LogP contribution >= 0.6 is 0 Å². The number of aromatic hydroxyl groups is 1. The molecule has 2 aromatic carbocycles. The van der Waals surface area contributed by atoms with Crippen LogP contribution in [0.1, 0.15) is 81.4 Å². The van der Waals surface area contributed by atoms with E-state index in [4.69, 9.17) is 0 Å². The third kappa shape index (κ3) is 6.57. The van der Waals surface area contributed by atoms with Crippen LogP contribution in [0.3, 0.4) is 0 Å². The smallest absolute Gasteiger partial charge is 0.119 e. The molecule has 136 valence electrons. The average Bonchev–Trinajstić information content (AvgIpc) is 2.62. The highest BCUT2D eigenvalue weighted by Crippen LogP contribution is 2.29. The van der Waals surface area contributed by atoms with Crippen molar-refractivity contribution in [1.82, 2.24) is 0 Å². The number of para-hydroxylation sites is 1. The Labute approximate surface area is 154 Å². The van der Waals surface area contributed by atoms with Crippen molar-refractivity contribution in [2.24, 2.45) is 0 Å². The molecule has 0 saturated carbocycles. The highest BCUT2D eigenvalue weighted by Gasteiger charge is 2.12. The van der Waals surface area contributed by atoms with Crippen LogP contribution in [0.5, 0.6) is 5.75 Å². The molecule has 0 bridgehead atoms.